The summed E-state index contributed by atoms with van der Waals surface area (Å²) in [6.45, 7) is 0.0681. The van der Waals surface area contributed by atoms with Gasteiger partial charge in [0, 0.05) is 17.7 Å². The van der Waals surface area contributed by atoms with Crippen LogP contribution >= 0.6 is 15.9 Å². The van der Waals surface area contributed by atoms with Crippen molar-refractivity contribution in [2.75, 3.05) is 5.33 Å². The lowest BCUT2D eigenvalue weighted by atomic mass is 10.1. The summed E-state index contributed by atoms with van der Waals surface area (Å²) in [5.74, 6) is -1.48. The van der Waals surface area contributed by atoms with Crippen LogP contribution in [0, 0.1) is 10.1 Å². The van der Waals surface area contributed by atoms with E-state index in [1.54, 1.807) is 36.4 Å². The van der Waals surface area contributed by atoms with Crippen LogP contribution in [-0.2, 0) is 17.1 Å². The van der Waals surface area contributed by atoms with Gasteiger partial charge >= 0.3 is 0 Å². The lowest BCUT2D eigenvalue weighted by Gasteiger charge is -2.26. The third-order valence-electron chi connectivity index (χ3n) is 3.00. The Morgan fingerprint density at radius 3 is 2.52 bits per heavy atom. The van der Waals surface area contributed by atoms with Gasteiger partial charge in [-0.25, -0.2) is 0 Å². The Balaban J connectivity index is 2.13. The number of alkyl halides is 1. The number of aliphatic hydroxyl groups is 1. The van der Waals surface area contributed by atoms with Gasteiger partial charge in [0.05, 0.1) is 16.9 Å². The second-order valence-electron chi connectivity index (χ2n) is 4.50. The fourth-order valence-electron chi connectivity index (χ4n) is 1.86. The highest BCUT2D eigenvalue weighted by Crippen LogP contribution is 2.26. The summed E-state index contributed by atoms with van der Waals surface area (Å²) in [6.07, 6.45) is 0. The van der Waals surface area contributed by atoms with Crippen molar-refractivity contribution in [3.05, 3.63) is 75.8 Å². The molecule has 0 fully saturated rings. The summed E-state index contributed by atoms with van der Waals surface area (Å²) in [5.41, 5.74) is 1.24. The molecule has 0 aliphatic carbocycles. The molecule has 110 valence electrons. The zero-order valence-corrected chi connectivity index (χ0v) is 12.7. The fourth-order valence-corrected chi connectivity index (χ4v) is 2.35. The lowest BCUT2D eigenvalue weighted by molar-refractivity contribution is -0.385. The smallest absolute Gasteiger partial charge is 0.269 e. The molecule has 2 rings (SSSR count). The molecule has 6 heteroatoms. The molecule has 1 N–H and O–H groups in total. The van der Waals surface area contributed by atoms with E-state index >= 15 is 0 Å². The Bertz CT molecular complexity index is 620. The Labute approximate surface area is 130 Å². The van der Waals surface area contributed by atoms with Gasteiger partial charge in [0.2, 0.25) is 5.79 Å². The maximum atomic E-state index is 10.7. The molecule has 0 amide bonds. The molecule has 1 atom stereocenters. The van der Waals surface area contributed by atoms with Gasteiger partial charge in [-0.05, 0) is 5.56 Å². The molecule has 0 aromatic heterocycles. The van der Waals surface area contributed by atoms with Gasteiger partial charge in [0.15, 0.2) is 0 Å². The predicted molar refractivity (Wildman–Crippen MR) is 82.0 cm³/mol. The second-order valence-corrected chi connectivity index (χ2v) is 5.06. The van der Waals surface area contributed by atoms with Crippen LogP contribution in [0.3, 0.4) is 0 Å². The summed E-state index contributed by atoms with van der Waals surface area (Å²) < 4.78 is 5.57. The van der Waals surface area contributed by atoms with Crippen LogP contribution in [0.5, 0.6) is 0 Å². The first-order valence-corrected chi connectivity index (χ1v) is 7.38. The minimum atomic E-state index is -1.48. The van der Waals surface area contributed by atoms with Crippen molar-refractivity contribution in [3.63, 3.8) is 0 Å². The van der Waals surface area contributed by atoms with Crippen molar-refractivity contribution in [1.29, 1.82) is 0 Å². The average Bonchev–Trinajstić information content (AvgIpc) is 2.53. The van der Waals surface area contributed by atoms with Crippen molar-refractivity contribution in [2.24, 2.45) is 0 Å². The molecule has 2 aromatic carbocycles. The molecule has 0 saturated carbocycles. The van der Waals surface area contributed by atoms with Gasteiger partial charge in [-0.15, -0.1) is 0 Å². The molecule has 5 nitrogen and oxygen atoms in total. The highest BCUT2D eigenvalue weighted by molar-refractivity contribution is 9.09. The molecule has 1 unspecified atom stereocenters. The van der Waals surface area contributed by atoms with E-state index < -0.39 is 10.7 Å². The standard InChI is InChI=1S/C15H14BrNO4/c16-11-15(18,13-6-2-1-3-7-13)21-10-12-5-4-8-14(9-12)17(19)20/h1-9,18H,10-11H2. The summed E-state index contributed by atoms with van der Waals surface area (Å²) in [4.78, 5) is 10.3. The number of hydrogen-bond donors (Lipinski definition) is 1. The number of nitro groups is 1. The predicted octanol–water partition coefficient (Wildman–Crippen LogP) is 3.35. The average molecular weight is 352 g/mol. The van der Waals surface area contributed by atoms with Crippen LogP contribution in [0.15, 0.2) is 54.6 Å². The Morgan fingerprint density at radius 2 is 1.90 bits per heavy atom. The van der Waals surface area contributed by atoms with E-state index in [1.807, 2.05) is 6.07 Å². The molecule has 0 aliphatic rings. The number of ether oxygens (including phenoxy) is 1. The van der Waals surface area contributed by atoms with E-state index in [9.17, 15) is 15.2 Å². The number of non-ortho nitro benzene ring substituents is 1. The van der Waals surface area contributed by atoms with E-state index in [0.717, 1.165) is 0 Å². The Kier molecular flexibility index (Phi) is 5.06. The van der Waals surface area contributed by atoms with E-state index in [0.29, 0.717) is 11.1 Å². The molecule has 0 aliphatic heterocycles. The van der Waals surface area contributed by atoms with Gasteiger partial charge in [-0.2, -0.15) is 0 Å². The Hall–Kier alpha value is -1.76. The SMILES string of the molecule is O=[N+]([O-])c1cccc(COC(O)(CBr)c2ccccc2)c1. The van der Waals surface area contributed by atoms with E-state index in [1.165, 1.54) is 12.1 Å². The molecule has 0 bridgehead atoms. The van der Waals surface area contributed by atoms with Gasteiger partial charge < -0.3 is 9.84 Å². The van der Waals surface area contributed by atoms with Crippen LogP contribution in [0.4, 0.5) is 5.69 Å². The number of nitrogens with zero attached hydrogens (tertiary/aromatic N) is 1. The second kappa shape index (κ2) is 6.80. The summed E-state index contributed by atoms with van der Waals surface area (Å²) in [6, 6.07) is 15.1. The summed E-state index contributed by atoms with van der Waals surface area (Å²) in [5, 5.41) is 21.5. The minimum absolute atomic E-state index is 0.00167. The normalized spacial score (nSPS) is 13.6. The van der Waals surface area contributed by atoms with Crippen molar-refractivity contribution in [1.82, 2.24) is 0 Å². The van der Waals surface area contributed by atoms with Crippen molar-refractivity contribution in [2.45, 2.75) is 12.4 Å². The molecular weight excluding hydrogens is 338 g/mol. The van der Waals surface area contributed by atoms with Gasteiger partial charge in [-0.3, -0.25) is 10.1 Å². The molecule has 0 spiro atoms. The zero-order valence-electron chi connectivity index (χ0n) is 11.1. The van der Waals surface area contributed by atoms with Crippen molar-refractivity contribution >= 4 is 21.6 Å². The number of benzene rings is 2. The number of rotatable bonds is 6. The van der Waals surface area contributed by atoms with E-state index in [2.05, 4.69) is 15.9 Å². The molecular formula is C15H14BrNO4. The molecule has 0 saturated heterocycles. The lowest BCUT2D eigenvalue weighted by Crippen LogP contribution is -2.31. The van der Waals surface area contributed by atoms with Crippen molar-refractivity contribution in [3.8, 4) is 0 Å². The van der Waals surface area contributed by atoms with Crippen LogP contribution in [0.2, 0.25) is 0 Å². The van der Waals surface area contributed by atoms with Crippen LogP contribution in [0.25, 0.3) is 0 Å². The first-order chi connectivity index (χ1) is 10.0. The number of nitro benzene ring substituents is 1. The van der Waals surface area contributed by atoms with E-state index in [4.69, 9.17) is 4.74 Å². The largest absolute Gasteiger partial charge is 0.361 e. The fraction of sp³-hybridized carbons (Fsp3) is 0.200. The van der Waals surface area contributed by atoms with E-state index in [-0.39, 0.29) is 17.6 Å². The maximum absolute atomic E-state index is 10.7. The van der Waals surface area contributed by atoms with Crippen LogP contribution in [0.1, 0.15) is 11.1 Å². The third kappa shape index (κ3) is 3.87. The molecule has 2 aromatic rings. The van der Waals surface area contributed by atoms with Crippen molar-refractivity contribution < 1.29 is 14.8 Å². The topological polar surface area (TPSA) is 72.6 Å². The molecule has 21 heavy (non-hydrogen) atoms. The first-order valence-electron chi connectivity index (χ1n) is 6.26. The number of hydrogen-bond acceptors (Lipinski definition) is 4. The maximum Gasteiger partial charge on any atom is 0.269 e. The minimum Gasteiger partial charge on any atom is -0.361 e. The summed E-state index contributed by atoms with van der Waals surface area (Å²) >= 11 is 3.24. The quantitative estimate of drug-likeness (QED) is 0.375. The zero-order chi connectivity index (χ0) is 15.3. The molecule has 0 heterocycles. The van der Waals surface area contributed by atoms with Gasteiger partial charge in [-0.1, -0.05) is 58.4 Å². The third-order valence-corrected chi connectivity index (χ3v) is 3.77. The Morgan fingerprint density at radius 1 is 1.19 bits per heavy atom. The monoisotopic (exact) mass is 351 g/mol. The first kappa shape index (κ1) is 15.6. The van der Waals surface area contributed by atoms with Crippen LogP contribution in [-0.4, -0.2) is 15.4 Å². The highest BCUT2D eigenvalue weighted by atomic mass is 79.9. The molecule has 0 radical (unpaired) electrons. The van der Waals surface area contributed by atoms with Crippen LogP contribution < -0.4 is 0 Å². The summed E-state index contributed by atoms with van der Waals surface area (Å²) in [7, 11) is 0. The van der Waals surface area contributed by atoms with Gasteiger partial charge in [0.25, 0.3) is 5.69 Å². The number of halogens is 1. The highest BCUT2D eigenvalue weighted by Gasteiger charge is 2.29. The van der Waals surface area contributed by atoms with Gasteiger partial charge in [0.1, 0.15) is 0 Å².